The van der Waals surface area contributed by atoms with Gasteiger partial charge in [-0.15, -0.1) is 22.7 Å². The van der Waals surface area contributed by atoms with Crippen molar-refractivity contribution in [3.8, 4) is 0 Å². The van der Waals surface area contributed by atoms with E-state index in [0.29, 0.717) is 36.3 Å². The van der Waals surface area contributed by atoms with Crippen molar-refractivity contribution in [2.24, 2.45) is 0 Å². The van der Waals surface area contributed by atoms with Crippen LogP contribution in [0.5, 0.6) is 0 Å². The zero-order chi connectivity index (χ0) is 18.2. The number of amides is 1. The first-order chi connectivity index (χ1) is 11.8. The largest absolute Gasteiger partial charge is 0.335 e. The average molecular weight is 463 g/mol. The predicted molar refractivity (Wildman–Crippen MR) is 105 cm³/mol. The van der Waals surface area contributed by atoms with E-state index in [1.165, 1.54) is 27.0 Å². The van der Waals surface area contributed by atoms with Crippen LogP contribution in [0.4, 0.5) is 0 Å². The topological polar surface area (TPSA) is 57.7 Å². The van der Waals surface area contributed by atoms with Gasteiger partial charge >= 0.3 is 0 Å². The summed E-state index contributed by atoms with van der Waals surface area (Å²) in [6, 6.07) is 5.35. The average Bonchev–Trinajstić information content (AvgIpc) is 3.23. The normalized spacial score (nSPS) is 16.6. The van der Waals surface area contributed by atoms with E-state index >= 15 is 0 Å². The molecule has 25 heavy (non-hydrogen) atoms. The minimum Gasteiger partial charge on any atom is -0.335 e. The van der Waals surface area contributed by atoms with Gasteiger partial charge in [-0.1, -0.05) is 13.8 Å². The number of hydrogen-bond acceptors (Lipinski definition) is 5. The molecule has 2 aromatic rings. The Labute approximate surface area is 164 Å². The minimum absolute atomic E-state index is 0.00890. The summed E-state index contributed by atoms with van der Waals surface area (Å²) in [6.07, 6.45) is 0. The quantitative estimate of drug-likeness (QED) is 0.693. The van der Waals surface area contributed by atoms with Crippen LogP contribution in [0, 0.1) is 0 Å². The number of sulfonamides is 1. The Bertz CT molecular complexity index is 865. The Morgan fingerprint density at radius 1 is 1.16 bits per heavy atom. The molecule has 0 aliphatic carbocycles. The molecule has 9 heteroatoms. The summed E-state index contributed by atoms with van der Waals surface area (Å²) in [7, 11) is -3.48. The lowest BCUT2D eigenvalue weighted by Gasteiger charge is -2.33. The van der Waals surface area contributed by atoms with Crippen LogP contribution in [0.3, 0.4) is 0 Å². The smallest absolute Gasteiger partial charge is 0.264 e. The number of carbonyl (C=O) groups excluding carboxylic acids is 1. The maximum Gasteiger partial charge on any atom is 0.264 e. The monoisotopic (exact) mass is 462 g/mol. The zero-order valence-electron chi connectivity index (χ0n) is 13.9. The van der Waals surface area contributed by atoms with Crippen LogP contribution in [0.15, 0.2) is 31.6 Å². The van der Waals surface area contributed by atoms with E-state index in [-0.39, 0.29) is 5.91 Å². The van der Waals surface area contributed by atoms with E-state index in [9.17, 15) is 13.2 Å². The Hall–Kier alpha value is -0.740. The van der Waals surface area contributed by atoms with Crippen molar-refractivity contribution in [3.63, 3.8) is 0 Å². The van der Waals surface area contributed by atoms with Crippen LogP contribution in [-0.2, 0) is 10.0 Å². The summed E-state index contributed by atoms with van der Waals surface area (Å²) >= 11 is 5.97. The highest BCUT2D eigenvalue weighted by atomic mass is 79.9. The molecule has 1 aliphatic heterocycles. The van der Waals surface area contributed by atoms with Crippen molar-refractivity contribution in [1.82, 2.24) is 9.21 Å². The van der Waals surface area contributed by atoms with E-state index in [2.05, 4.69) is 29.8 Å². The Balaban J connectivity index is 1.69. The van der Waals surface area contributed by atoms with Gasteiger partial charge in [0, 0.05) is 26.2 Å². The van der Waals surface area contributed by atoms with Gasteiger partial charge in [-0.2, -0.15) is 4.31 Å². The standard InChI is InChI=1S/C16H19BrN2O3S3/c1-11(2)12-5-10-23-15(12)16(20)18-6-8-19(9-7-18)25(21,22)14-4-3-13(17)24-14/h3-5,10-11H,6-9H2,1-2H3. The first kappa shape index (κ1) is 19.0. The van der Waals surface area contributed by atoms with Gasteiger partial charge < -0.3 is 4.90 Å². The molecule has 0 spiro atoms. The summed E-state index contributed by atoms with van der Waals surface area (Å²) in [5.74, 6) is 0.304. The van der Waals surface area contributed by atoms with Gasteiger partial charge in [0.1, 0.15) is 4.21 Å². The van der Waals surface area contributed by atoms with Gasteiger partial charge in [0.15, 0.2) is 0 Å². The van der Waals surface area contributed by atoms with Gasteiger partial charge in [-0.05, 0) is 51.0 Å². The molecule has 0 aromatic carbocycles. The summed E-state index contributed by atoms with van der Waals surface area (Å²) in [4.78, 5) is 15.3. The fourth-order valence-electron chi connectivity index (χ4n) is 2.79. The third-order valence-corrected chi connectivity index (χ3v) is 9.09. The molecule has 5 nitrogen and oxygen atoms in total. The van der Waals surface area contributed by atoms with Crippen molar-refractivity contribution in [1.29, 1.82) is 0 Å². The zero-order valence-corrected chi connectivity index (χ0v) is 18.0. The number of rotatable bonds is 4. The molecule has 1 aliphatic rings. The molecular formula is C16H19BrN2O3S3. The molecule has 136 valence electrons. The lowest BCUT2D eigenvalue weighted by molar-refractivity contribution is 0.0701. The molecule has 2 aromatic heterocycles. The molecule has 0 bridgehead atoms. The van der Waals surface area contributed by atoms with Gasteiger partial charge in [-0.25, -0.2) is 8.42 Å². The van der Waals surface area contributed by atoms with Crippen molar-refractivity contribution < 1.29 is 13.2 Å². The Kier molecular flexibility index (Phi) is 5.69. The number of halogens is 1. The molecule has 0 unspecified atom stereocenters. The fraction of sp³-hybridized carbons (Fsp3) is 0.438. The lowest BCUT2D eigenvalue weighted by Crippen LogP contribution is -2.50. The van der Waals surface area contributed by atoms with Crippen molar-refractivity contribution >= 4 is 54.5 Å². The molecule has 3 rings (SSSR count). The number of carbonyl (C=O) groups is 1. The highest BCUT2D eigenvalue weighted by molar-refractivity contribution is 9.11. The van der Waals surface area contributed by atoms with Crippen LogP contribution in [0.2, 0.25) is 0 Å². The highest BCUT2D eigenvalue weighted by Crippen LogP contribution is 2.30. The lowest BCUT2D eigenvalue weighted by atomic mass is 10.0. The maximum atomic E-state index is 12.8. The molecular weight excluding hydrogens is 444 g/mol. The minimum atomic E-state index is -3.48. The van der Waals surface area contributed by atoms with Crippen molar-refractivity contribution in [3.05, 3.63) is 37.8 Å². The number of nitrogens with zero attached hydrogens (tertiary/aromatic N) is 2. The second-order valence-electron chi connectivity index (χ2n) is 6.11. The number of hydrogen-bond donors (Lipinski definition) is 0. The van der Waals surface area contributed by atoms with Crippen LogP contribution >= 0.6 is 38.6 Å². The third-order valence-electron chi connectivity index (χ3n) is 4.18. The first-order valence-corrected chi connectivity index (χ1v) is 11.9. The van der Waals surface area contributed by atoms with Crippen LogP contribution in [-0.4, -0.2) is 49.7 Å². The summed E-state index contributed by atoms with van der Waals surface area (Å²) in [5.41, 5.74) is 1.06. The van der Waals surface area contributed by atoms with E-state index in [1.54, 1.807) is 17.0 Å². The Morgan fingerprint density at radius 3 is 2.40 bits per heavy atom. The molecule has 1 saturated heterocycles. The number of thiophene rings is 2. The second-order valence-corrected chi connectivity index (χ2v) is 11.7. The van der Waals surface area contributed by atoms with E-state index < -0.39 is 10.0 Å². The first-order valence-electron chi connectivity index (χ1n) is 7.93. The van der Waals surface area contributed by atoms with Crippen LogP contribution in [0.1, 0.15) is 35.0 Å². The molecule has 3 heterocycles. The van der Waals surface area contributed by atoms with E-state index in [1.807, 2.05) is 11.4 Å². The third kappa shape index (κ3) is 3.85. The fourth-order valence-corrected chi connectivity index (χ4v) is 7.39. The van der Waals surface area contributed by atoms with Crippen molar-refractivity contribution in [2.45, 2.75) is 24.0 Å². The second kappa shape index (κ2) is 7.48. The molecule has 0 saturated carbocycles. The molecule has 1 amide bonds. The maximum absolute atomic E-state index is 12.8. The SMILES string of the molecule is CC(C)c1ccsc1C(=O)N1CCN(S(=O)(=O)c2ccc(Br)s2)CC1. The summed E-state index contributed by atoms with van der Waals surface area (Å²) < 4.78 is 27.9. The summed E-state index contributed by atoms with van der Waals surface area (Å²) in [6.45, 7) is 5.63. The van der Waals surface area contributed by atoms with Gasteiger partial charge in [0.05, 0.1) is 8.66 Å². The molecule has 0 atom stereocenters. The predicted octanol–water partition coefficient (Wildman–Crippen LogP) is 3.84. The van der Waals surface area contributed by atoms with Gasteiger partial charge in [0.2, 0.25) is 0 Å². The molecule has 0 N–H and O–H groups in total. The summed E-state index contributed by atoms with van der Waals surface area (Å²) in [5, 5.41) is 1.94. The van der Waals surface area contributed by atoms with Crippen LogP contribution < -0.4 is 0 Å². The van der Waals surface area contributed by atoms with Crippen molar-refractivity contribution in [2.75, 3.05) is 26.2 Å². The molecule has 0 radical (unpaired) electrons. The van der Waals surface area contributed by atoms with E-state index in [4.69, 9.17) is 0 Å². The highest BCUT2D eigenvalue weighted by Gasteiger charge is 2.32. The Morgan fingerprint density at radius 2 is 1.84 bits per heavy atom. The van der Waals surface area contributed by atoms with E-state index in [0.717, 1.165) is 14.2 Å². The molecule has 1 fully saturated rings. The van der Waals surface area contributed by atoms with Gasteiger partial charge in [-0.3, -0.25) is 4.79 Å². The van der Waals surface area contributed by atoms with Gasteiger partial charge in [0.25, 0.3) is 15.9 Å². The van der Waals surface area contributed by atoms with Crippen LogP contribution in [0.25, 0.3) is 0 Å². The number of piperazine rings is 1.